The van der Waals surface area contributed by atoms with Gasteiger partial charge in [0.15, 0.2) is 0 Å². The number of unbranched alkanes of at least 4 members (excludes halogenated alkanes) is 15. The monoisotopic (exact) mass is 449 g/mol. The van der Waals surface area contributed by atoms with Crippen molar-refractivity contribution in [2.75, 3.05) is 40.4 Å². The molecule has 0 N–H and O–H groups in total. The van der Waals surface area contributed by atoms with E-state index >= 15 is 0 Å². The Hall–Kier alpha value is 0.0700. The fourth-order valence-corrected chi connectivity index (χ4v) is 4.15. The second-order valence-corrected chi connectivity index (χ2v) is 10.8. The summed E-state index contributed by atoms with van der Waals surface area (Å²) in [6.07, 6.45) is 20.8. The van der Waals surface area contributed by atoms with E-state index < -0.39 is 7.82 Å². The second-order valence-electron chi connectivity index (χ2n) is 9.39. The van der Waals surface area contributed by atoms with E-state index in [9.17, 15) is 9.46 Å². The number of hydrogen-bond donors (Lipinski definition) is 0. The van der Waals surface area contributed by atoms with Gasteiger partial charge < -0.3 is 18.4 Å². The van der Waals surface area contributed by atoms with Gasteiger partial charge in [-0.15, -0.1) is 0 Å². The van der Waals surface area contributed by atoms with Gasteiger partial charge >= 0.3 is 0 Å². The van der Waals surface area contributed by atoms with Crippen LogP contribution in [0.4, 0.5) is 0 Å². The summed E-state index contributed by atoms with van der Waals surface area (Å²) in [4.78, 5) is 11.7. The molecule has 0 aromatic heterocycles. The standard InChI is InChI=1S/C24H52NO4P/c1-5-7-8-9-10-11-12-13-14-15-16-17-18-19-20-21-23-28-30(26,27)29-24-22-25(3,4)6-2/h5-24H2,1-4H3. The predicted octanol–water partition coefficient (Wildman–Crippen LogP) is 6.85. The molecule has 5 nitrogen and oxygen atoms in total. The van der Waals surface area contributed by atoms with E-state index in [0.29, 0.717) is 6.54 Å². The summed E-state index contributed by atoms with van der Waals surface area (Å²) in [6, 6.07) is 0. The van der Waals surface area contributed by atoms with Crippen molar-refractivity contribution in [1.82, 2.24) is 0 Å². The molecule has 0 heterocycles. The molecule has 1 unspecified atom stereocenters. The van der Waals surface area contributed by atoms with Gasteiger partial charge in [-0.1, -0.05) is 103 Å². The smallest absolute Gasteiger partial charge is 0.268 e. The lowest BCUT2D eigenvalue weighted by molar-refractivity contribution is -0.888. The maximum Gasteiger partial charge on any atom is 0.268 e. The lowest BCUT2D eigenvalue weighted by Gasteiger charge is -2.29. The third kappa shape index (κ3) is 21.3. The highest BCUT2D eigenvalue weighted by Crippen LogP contribution is 2.38. The van der Waals surface area contributed by atoms with Crippen molar-refractivity contribution in [3.05, 3.63) is 0 Å². The number of likely N-dealkylation sites (N-methyl/N-ethyl adjacent to an activating group) is 1. The number of hydrogen-bond acceptors (Lipinski definition) is 4. The van der Waals surface area contributed by atoms with Crippen LogP contribution in [0.2, 0.25) is 0 Å². The first-order valence-electron chi connectivity index (χ1n) is 12.7. The van der Waals surface area contributed by atoms with Crippen LogP contribution >= 0.6 is 7.82 Å². The zero-order valence-electron chi connectivity index (χ0n) is 20.7. The van der Waals surface area contributed by atoms with Crippen LogP contribution in [0.3, 0.4) is 0 Å². The number of phosphoric acid groups is 1. The van der Waals surface area contributed by atoms with Crippen LogP contribution in [0, 0.1) is 0 Å². The summed E-state index contributed by atoms with van der Waals surface area (Å²) in [5.41, 5.74) is 0. The summed E-state index contributed by atoms with van der Waals surface area (Å²) in [5, 5.41) is 0. The van der Waals surface area contributed by atoms with Crippen molar-refractivity contribution in [1.29, 1.82) is 0 Å². The molecule has 0 aliphatic carbocycles. The quantitative estimate of drug-likeness (QED) is 0.0972. The normalized spacial score (nSPS) is 14.2. The average Bonchev–Trinajstić information content (AvgIpc) is 2.70. The minimum Gasteiger partial charge on any atom is -0.756 e. The summed E-state index contributed by atoms with van der Waals surface area (Å²) < 4.78 is 22.4. The van der Waals surface area contributed by atoms with Crippen LogP contribution in [-0.2, 0) is 13.6 Å². The lowest BCUT2D eigenvalue weighted by atomic mass is 10.0. The van der Waals surface area contributed by atoms with E-state index in [2.05, 4.69) is 27.9 Å². The molecular weight excluding hydrogens is 397 g/mol. The van der Waals surface area contributed by atoms with Crippen LogP contribution in [0.15, 0.2) is 0 Å². The maximum absolute atomic E-state index is 11.7. The molecule has 1 atom stereocenters. The van der Waals surface area contributed by atoms with Gasteiger partial charge in [-0.2, -0.15) is 0 Å². The topological polar surface area (TPSA) is 58.6 Å². The van der Waals surface area contributed by atoms with Crippen molar-refractivity contribution in [3.63, 3.8) is 0 Å². The Balaban J connectivity index is 3.33. The highest BCUT2D eigenvalue weighted by Gasteiger charge is 2.15. The molecule has 0 saturated heterocycles. The minimum absolute atomic E-state index is 0.181. The zero-order valence-corrected chi connectivity index (χ0v) is 21.6. The third-order valence-electron chi connectivity index (χ3n) is 6.05. The molecule has 0 spiro atoms. The molecule has 0 aliphatic rings. The Morgan fingerprint density at radius 3 is 1.40 bits per heavy atom. The van der Waals surface area contributed by atoms with Gasteiger partial charge in [0, 0.05) is 0 Å². The highest BCUT2D eigenvalue weighted by atomic mass is 31.2. The molecule has 0 rings (SSSR count). The Morgan fingerprint density at radius 1 is 0.633 bits per heavy atom. The first kappa shape index (κ1) is 30.1. The molecule has 6 heteroatoms. The van der Waals surface area contributed by atoms with Crippen molar-refractivity contribution in [3.8, 4) is 0 Å². The molecule has 30 heavy (non-hydrogen) atoms. The highest BCUT2D eigenvalue weighted by molar-refractivity contribution is 7.45. The van der Waals surface area contributed by atoms with Crippen molar-refractivity contribution in [2.24, 2.45) is 0 Å². The van der Waals surface area contributed by atoms with Gasteiger partial charge in [-0.25, -0.2) is 0 Å². The molecule has 0 amide bonds. The van der Waals surface area contributed by atoms with Crippen molar-refractivity contribution >= 4 is 7.82 Å². The summed E-state index contributed by atoms with van der Waals surface area (Å²) >= 11 is 0. The summed E-state index contributed by atoms with van der Waals surface area (Å²) in [5.74, 6) is 0. The van der Waals surface area contributed by atoms with Crippen LogP contribution in [0.5, 0.6) is 0 Å². The number of nitrogens with zero attached hydrogens (tertiary/aromatic N) is 1. The van der Waals surface area contributed by atoms with Gasteiger partial charge in [0.1, 0.15) is 13.2 Å². The molecular formula is C24H52NO4P. The Labute approximate surface area is 188 Å². The molecule has 0 saturated carbocycles. The molecule has 182 valence electrons. The fraction of sp³-hybridized carbons (Fsp3) is 1.00. The first-order valence-corrected chi connectivity index (χ1v) is 14.2. The minimum atomic E-state index is -4.14. The zero-order chi connectivity index (χ0) is 22.6. The lowest BCUT2D eigenvalue weighted by Crippen LogP contribution is -2.41. The van der Waals surface area contributed by atoms with E-state index in [1.165, 1.54) is 83.5 Å². The molecule has 0 aromatic rings. The van der Waals surface area contributed by atoms with Crippen LogP contribution in [0.1, 0.15) is 117 Å². The molecule has 0 bridgehead atoms. The van der Waals surface area contributed by atoms with Crippen molar-refractivity contribution < 1.29 is 23.0 Å². The molecule has 0 aromatic carbocycles. The van der Waals surface area contributed by atoms with Gasteiger partial charge in [-0.3, -0.25) is 4.57 Å². The summed E-state index contributed by atoms with van der Waals surface area (Å²) in [6.45, 7) is 6.36. The number of quaternary nitrogens is 1. The maximum atomic E-state index is 11.7. The van der Waals surface area contributed by atoms with E-state index in [1.54, 1.807) is 0 Å². The van der Waals surface area contributed by atoms with E-state index in [4.69, 9.17) is 9.05 Å². The SMILES string of the molecule is CCCCCCCCCCCCCCCCCCOP(=O)([O-])OCC[N+](C)(C)CC. The average molecular weight is 450 g/mol. The molecule has 0 radical (unpaired) electrons. The van der Waals surface area contributed by atoms with Gasteiger partial charge in [0.05, 0.1) is 27.2 Å². The van der Waals surface area contributed by atoms with E-state index in [1.807, 2.05) is 0 Å². The van der Waals surface area contributed by atoms with E-state index in [0.717, 1.165) is 30.3 Å². The number of rotatable bonds is 23. The Morgan fingerprint density at radius 2 is 1.00 bits per heavy atom. The Bertz CT molecular complexity index is 418. The number of phosphoric ester groups is 1. The molecule has 0 fully saturated rings. The van der Waals surface area contributed by atoms with Crippen LogP contribution in [-0.4, -0.2) is 44.9 Å². The van der Waals surface area contributed by atoms with Crippen molar-refractivity contribution in [2.45, 2.75) is 117 Å². The predicted molar refractivity (Wildman–Crippen MR) is 127 cm³/mol. The summed E-state index contributed by atoms with van der Waals surface area (Å²) in [7, 11) is -0.0349. The van der Waals surface area contributed by atoms with Gasteiger partial charge in [0.25, 0.3) is 7.82 Å². The second kappa shape index (κ2) is 19.7. The van der Waals surface area contributed by atoms with Gasteiger partial charge in [0.2, 0.25) is 0 Å². The Kier molecular flexibility index (Phi) is 19.8. The third-order valence-corrected chi connectivity index (χ3v) is 7.05. The van der Waals surface area contributed by atoms with Gasteiger partial charge in [-0.05, 0) is 13.3 Å². The van der Waals surface area contributed by atoms with E-state index in [-0.39, 0.29) is 13.2 Å². The fourth-order valence-electron chi connectivity index (χ4n) is 3.42. The van der Waals surface area contributed by atoms with Crippen LogP contribution in [0.25, 0.3) is 0 Å². The first-order chi connectivity index (χ1) is 14.3. The molecule has 0 aliphatic heterocycles. The van der Waals surface area contributed by atoms with Crippen LogP contribution < -0.4 is 4.89 Å². The largest absolute Gasteiger partial charge is 0.756 e.